The summed E-state index contributed by atoms with van der Waals surface area (Å²) in [4.78, 5) is 8.97. The van der Waals surface area contributed by atoms with Gasteiger partial charge < -0.3 is 10.6 Å². The first kappa shape index (κ1) is 13.7. The predicted molar refractivity (Wildman–Crippen MR) is 77.9 cm³/mol. The third-order valence-corrected chi connectivity index (χ3v) is 3.47. The van der Waals surface area contributed by atoms with Crippen LogP contribution in [0.25, 0.3) is 0 Å². The van der Waals surface area contributed by atoms with Crippen LogP contribution in [-0.4, -0.2) is 17.0 Å². The molecule has 1 aliphatic rings. The summed E-state index contributed by atoms with van der Waals surface area (Å²) in [6.07, 6.45) is 2.17. The first-order chi connectivity index (χ1) is 10.1. The quantitative estimate of drug-likeness (QED) is 0.901. The lowest BCUT2D eigenvalue weighted by atomic mass is 10.2. The topological polar surface area (TPSA) is 49.8 Å². The van der Waals surface area contributed by atoms with E-state index in [1.54, 1.807) is 7.05 Å². The zero-order chi connectivity index (χ0) is 15.0. The van der Waals surface area contributed by atoms with Crippen LogP contribution < -0.4 is 10.6 Å². The van der Waals surface area contributed by atoms with E-state index in [4.69, 9.17) is 0 Å². The van der Waals surface area contributed by atoms with E-state index in [1.807, 2.05) is 6.92 Å². The average Bonchev–Trinajstić information content (AvgIpc) is 3.24. The normalized spacial score (nSPS) is 14.1. The summed E-state index contributed by atoms with van der Waals surface area (Å²) in [5, 5.41) is 6.01. The van der Waals surface area contributed by atoms with Gasteiger partial charge in [-0.1, -0.05) is 0 Å². The van der Waals surface area contributed by atoms with Gasteiger partial charge in [0.15, 0.2) is 0 Å². The third kappa shape index (κ3) is 2.94. The van der Waals surface area contributed by atoms with E-state index < -0.39 is 11.6 Å². The monoisotopic (exact) mass is 290 g/mol. The summed E-state index contributed by atoms with van der Waals surface area (Å²) in [7, 11) is 1.79. The van der Waals surface area contributed by atoms with Crippen molar-refractivity contribution >= 4 is 17.3 Å². The molecule has 2 N–H and O–H groups in total. The Labute approximate surface area is 121 Å². The molecule has 1 aromatic carbocycles. The number of nitrogens with zero attached hydrogens (tertiary/aromatic N) is 2. The minimum absolute atomic E-state index is 0.332. The van der Waals surface area contributed by atoms with Crippen LogP contribution in [0.15, 0.2) is 18.2 Å². The van der Waals surface area contributed by atoms with Crippen LogP contribution >= 0.6 is 0 Å². The second-order valence-electron chi connectivity index (χ2n) is 5.21. The Morgan fingerprint density at radius 2 is 1.67 bits per heavy atom. The van der Waals surface area contributed by atoms with Gasteiger partial charge in [0, 0.05) is 30.3 Å². The molecule has 0 atom stereocenters. The van der Waals surface area contributed by atoms with Crippen LogP contribution in [0.2, 0.25) is 0 Å². The number of hydrogen-bond donors (Lipinski definition) is 2. The summed E-state index contributed by atoms with van der Waals surface area (Å²) in [6.45, 7) is 1.86. The van der Waals surface area contributed by atoms with Gasteiger partial charge in [0.05, 0.1) is 0 Å². The number of anilines is 3. The van der Waals surface area contributed by atoms with Crippen molar-refractivity contribution in [3.05, 3.63) is 41.2 Å². The van der Waals surface area contributed by atoms with Crippen LogP contribution in [0.5, 0.6) is 0 Å². The fraction of sp³-hybridized carbons (Fsp3) is 0.333. The molecular formula is C15H16F2N4. The molecule has 2 aromatic rings. The van der Waals surface area contributed by atoms with Gasteiger partial charge in [-0.25, -0.2) is 18.7 Å². The smallest absolute Gasteiger partial charge is 0.139 e. The average molecular weight is 290 g/mol. The van der Waals surface area contributed by atoms with E-state index in [0.29, 0.717) is 17.4 Å². The highest BCUT2D eigenvalue weighted by molar-refractivity contribution is 5.64. The van der Waals surface area contributed by atoms with E-state index in [1.165, 1.54) is 12.1 Å². The Morgan fingerprint density at radius 3 is 2.24 bits per heavy atom. The van der Waals surface area contributed by atoms with Crippen LogP contribution in [0.3, 0.4) is 0 Å². The molecule has 0 spiro atoms. The maximum atomic E-state index is 13.3. The van der Waals surface area contributed by atoms with E-state index >= 15 is 0 Å². The summed E-state index contributed by atoms with van der Waals surface area (Å²) in [5.74, 6) is 1.21. The van der Waals surface area contributed by atoms with Gasteiger partial charge in [-0.3, -0.25) is 0 Å². The lowest BCUT2D eigenvalue weighted by Crippen LogP contribution is -2.07. The van der Waals surface area contributed by atoms with Gasteiger partial charge in [-0.15, -0.1) is 0 Å². The van der Waals surface area contributed by atoms with E-state index in [9.17, 15) is 8.78 Å². The summed E-state index contributed by atoms with van der Waals surface area (Å²) in [5.41, 5.74) is 1.14. The number of nitrogens with one attached hydrogen (secondary N) is 2. The lowest BCUT2D eigenvalue weighted by molar-refractivity contribution is 0.584. The minimum Gasteiger partial charge on any atom is -0.373 e. The van der Waals surface area contributed by atoms with Crippen molar-refractivity contribution in [2.75, 3.05) is 17.7 Å². The highest BCUT2D eigenvalue weighted by Crippen LogP contribution is 2.39. The Morgan fingerprint density at radius 1 is 1.05 bits per heavy atom. The molecule has 1 heterocycles. The largest absolute Gasteiger partial charge is 0.373 e. The summed E-state index contributed by atoms with van der Waals surface area (Å²) >= 11 is 0. The second-order valence-corrected chi connectivity index (χ2v) is 5.21. The Balaban J connectivity index is 1.98. The fourth-order valence-corrected chi connectivity index (χ4v) is 2.19. The van der Waals surface area contributed by atoms with Crippen molar-refractivity contribution in [3.63, 3.8) is 0 Å². The molecule has 4 nitrogen and oxygen atoms in total. The van der Waals surface area contributed by atoms with Gasteiger partial charge in [0.25, 0.3) is 0 Å². The Hall–Kier alpha value is -2.24. The predicted octanol–water partition coefficient (Wildman–Crippen LogP) is 3.73. The maximum absolute atomic E-state index is 13.3. The summed E-state index contributed by atoms with van der Waals surface area (Å²) in [6, 6.07) is 3.31. The van der Waals surface area contributed by atoms with Crippen LogP contribution in [0.4, 0.5) is 26.1 Å². The summed E-state index contributed by atoms with van der Waals surface area (Å²) < 4.78 is 26.5. The van der Waals surface area contributed by atoms with Gasteiger partial charge in [-0.05, 0) is 31.9 Å². The maximum Gasteiger partial charge on any atom is 0.139 e. The van der Waals surface area contributed by atoms with Crippen molar-refractivity contribution in [2.24, 2.45) is 0 Å². The molecule has 1 aliphatic carbocycles. The molecule has 0 unspecified atom stereocenters. The zero-order valence-corrected chi connectivity index (χ0v) is 11.9. The van der Waals surface area contributed by atoms with Crippen LogP contribution in [0, 0.1) is 18.6 Å². The number of benzene rings is 1. The fourth-order valence-electron chi connectivity index (χ4n) is 2.19. The molecule has 110 valence electrons. The number of halogens is 2. The molecule has 21 heavy (non-hydrogen) atoms. The Kier molecular flexibility index (Phi) is 3.45. The van der Waals surface area contributed by atoms with Gasteiger partial charge >= 0.3 is 0 Å². The minimum atomic E-state index is -0.625. The van der Waals surface area contributed by atoms with Gasteiger partial charge in [0.2, 0.25) is 0 Å². The van der Waals surface area contributed by atoms with Crippen molar-refractivity contribution in [3.8, 4) is 0 Å². The van der Waals surface area contributed by atoms with Gasteiger partial charge in [-0.2, -0.15) is 0 Å². The molecule has 1 fully saturated rings. The molecule has 0 saturated heterocycles. The highest BCUT2D eigenvalue weighted by atomic mass is 19.1. The molecular weight excluding hydrogens is 274 g/mol. The molecule has 0 bridgehead atoms. The molecule has 3 rings (SSSR count). The van der Waals surface area contributed by atoms with E-state index in [0.717, 1.165) is 36.1 Å². The second kappa shape index (κ2) is 5.27. The lowest BCUT2D eigenvalue weighted by Gasteiger charge is -2.13. The SMILES string of the molecule is CNc1nc(C2CC2)nc(Nc2cc(F)cc(F)c2)c1C. The van der Waals surface area contributed by atoms with Crippen molar-refractivity contribution in [2.45, 2.75) is 25.7 Å². The van der Waals surface area contributed by atoms with E-state index in [-0.39, 0.29) is 0 Å². The molecule has 6 heteroatoms. The van der Waals surface area contributed by atoms with Crippen LogP contribution in [0.1, 0.15) is 30.1 Å². The first-order valence-electron chi connectivity index (χ1n) is 6.86. The van der Waals surface area contributed by atoms with Crippen molar-refractivity contribution in [1.29, 1.82) is 0 Å². The standard InChI is InChI=1S/C15H16F2N4/c1-8-13(18-2)20-15(9-3-4-9)21-14(8)19-12-6-10(16)5-11(17)7-12/h5-7,9H,3-4H2,1-2H3,(H2,18,19,20,21). The van der Waals surface area contributed by atoms with Crippen molar-refractivity contribution in [1.82, 2.24) is 9.97 Å². The Bertz CT molecular complexity index is 663. The highest BCUT2D eigenvalue weighted by Gasteiger charge is 2.28. The van der Waals surface area contributed by atoms with Crippen LogP contribution in [-0.2, 0) is 0 Å². The number of hydrogen-bond acceptors (Lipinski definition) is 4. The molecule has 1 saturated carbocycles. The van der Waals surface area contributed by atoms with Gasteiger partial charge in [0.1, 0.15) is 29.1 Å². The number of aromatic nitrogens is 2. The molecule has 1 aromatic heterocycles. The first-order valence-corrected chi connectivity index (χ1v) is 6.86. The van der Waals surface area contributed by atoms with E-state index in [2.05, 4.69) is 20.6 Å². The zero-order valence-electron chi connectivity index (χ0n) is 11.9. The molecule has 0 amide bonds. The number of rotatable bonds is 4. The van der Waals surface area contributed by atoms with Crippen molar-refractivity contribution < 1.29 is 8.78 Å². The molecule has 0 aliphatic heterocycles. The molecule has 0 radical (unpaired) electrons. The third-order valence-electron chi connectivity index (χ3n) is 3.47.